The summed E-state index contributed by atoms with van der Waals surface area (Å²) in [5, 5.41) is 10.8. The van der Waals surface area contributed by atoms with Crippen molar-refractivity contribution in [2.75, 3.05) is 0 Å². The second-order valence-electron chi connectivity index (χ2n) is 5.50. The van der Waals surface area contributed by atoms with Crippen molar-refractivity contribution < 1.29 is 14.7 Å². The summed E-state index contributed by atoms with van der Waals surface area (Å²) >= 11 is 0. The third-order valence-corrected chi connectivity index (χ3v) is 3.55. The lowest BCUT2D eigenvalue weighted by atomic mass is 9.64. The Morgan fingerprint density at radius 1 is 1.44 bits per heavy atom. The van der Waals surface area contributed by atoms with Crippen LogP contribution in [0.15, 0.2) is 35.5 Å². The van der Waals surface area contributed by atoms with Crippen LogP contribution in [0.5, 0.6) is 0 Å². The third-order valence-electron chi connectivity index (χ3n) is 3.55. The smallest absolute Gasteiger partial charge is 0.156 e. The average molecular weight is 248 g/mol. The maximum Gasteiger partial charge on any atom is 0.156 e. The summed E-state index contributed by atoms with van der Waals surface area (Å²) in [5.74, 6) is 0.0377. The molecule has 1 N–H and O–H groups in total. The Bertz CT molecular complexity index is 452. The molecule has 0 amide bonds. The van der Waals surface area contributed by atoms with E-state index in [1.807, 2.05) is 13.8 Å². The Balaban J connectivity index is 3.17. The number of hydrogen-bond donors (Lipinski definition) is 1. The van der Waals surface area contributed by atoms with Crippen molar-refractivity contribution in [1.82, 2.24) is 0 Å². The van der Waals surface area contributed by atoms with Crippen molar-refractivity contribution in [2.45, 2.75) is 39.7 Å². The molecule has 0 aromatic heterocycles. The molecule has 0 aliphatic heterocycles. The zero-order chi connectivity index (χ0) is 14.0. The van der Waals surface area contributed by atoms with Gasteiger partial charge in [0.15, 0.2) is 5.78 Å². The van der Waals surface area contributed by atoms with Gasteiger partial charge in [-0.2, -0.15) is 0 Å². The van der Waals surface area contributed by atoms with E-state index in [9.17, 15) is 14.7 Å². The van der Waals surface area contributed by atoms with Gasteiger partial charge in [0.05, 0.1) is 0 Å². The molecule has 0 saturated carbocycles. The zero-order valence-electron chi connectivity index (χ0n) is 11.4. The monoisotopic (exact) mass is 248 g/mol. The second-order valence-corrected chi connectivity index (χ2v) is 5.50. The van der Waals surface area contributed by atoms with Gasteiger partial charge in [-0.1, -0.05) is 19.9 Å². The van der Waals surface area contributed by atoms with Crippen molar-refractivity contribution in [2.24, 2.45) is 5.41 Å². The van der Waals surface area contributed by atoms with E-state index in [1.54, 1.807) is 26.0 Å². The number of allylic oxidation sites excluding steroid dienone is 4. The van der Waals surface area contributed by atoms with Crippen LogP contribution in [-0.4, -0.2) is 22.8 Å². The number of aliphatic hydroxyl groups is 1. The van der Waals surface area contributed by atoms with Crippen LogP contribution in [0.1, 0.15) is 34.1 Å². The van der Waals surface area contributed by atoms with Gasteiger partial charge in [-0.05, 0) is 43.2 Å². The number of carbonyl (C=O) groups is 2. The van der Waals surface area contributed by atoms with Crippen LogP contribution in [0.2, 0.25) is 0 Å². The number of aldehydes is 1. The van der Waals surface area contributed by atoms with Gasteiger partial charge in [0.2, 0.25) is 0 Å². The van der Waals surface area contributed by atoms with Crippen LogP contribution in [-0.2, 0) is 9.59 Å². The molecule has 1 rings (SSSR count). The molecule has 1 aliphatic rings. The molecule has 3 nitrogen and oxygen atoms in total. The van der Waals surface area contributed by atoms with Crippen LogP contribution < -0.4 is 0 Å². The molecule has 0 heterocycles. The molecule has 3 heteroatoms. The van der Waals surface area contributed by atoms with E-state index >= 15 is 0 Å². The SMILES string of the molecule is CC1=CC(=O)CC(C)(C)[C@@]1(O)/C=C/C(C)=C\C=O. The molecule has 0 spiro atoms. The summed E-state index contributed by atoms with van der Waals surface area (Å²) < 4.78 is 0. The van der Waals surface area contributed by atoms with E-state index in [-0.39, 0.29) is 5.78 Å². The van der Waals surface area contributed by atoms with Crippen LogP contribution in [0.25, 0.3) is 0 Å². The number of carbonyl (C=O) groups excluding carboxylic acids is 2. The molecule has 18 heavy (non-hydrogen) atoms. The Kier molecular flexibility index (Phi) is 4.07. The van der Waals surface area contributed by atoms with E-state index in [0.29, 0.717) is 18.3 Å². The van der Waals surface area contributed by atoms with E-state index in [1.165, 1.54) is 12.2 Å². The largest absolute Gasteiger partial charge is 0.381 e. The number of rotatable bonds is 3. The molecule has 0 fully saturated rings. The first-order chi connectivity index (χ1) is 8.23. The predicted molar refractivity (Wildman–Crippen MR) is 71.1 cm³/mol. The zero-order valence-corrected chi connectivity index (χ0v) is 11.4. The number of hydrogen-bond acceptors (Lipinski definition) is 3. The van der Waals surface area contributed by atoms with Gasteiger partial charge in [0.25, 0.3) is 0 Å². The first-order valence-corrected chi connectivity index (χ1v) is 5.98. The number of ketones is 1. The minimum atomic E-state index is -1.15. The molecular formula is C15H20O3. The molecular weight excluding hydrogens is 228 g/mol. The fraction of sp³-hybridized carbons (Fsp3) is 0.467. The van der Waals surface area contributed by atoms with Gasteiger partial charge in [0, 0.05) is 11.8 Å². The summed E-state index contributed by atoms with van der Waals surface area (Å²) in [6.45, 7) is 7.27. The quantitative estimate of drug-likeness (QED) is 0.474. The van der Waals surface area contributed by atoms with Gasteiger partial charge in [-0.15, -0.1) is 0 Å². The maximum atomic E-state index is 11.5. The third kappa shape index (κ3) is 2.67. The normalized spacial score (nSPS) is 28.4. The maximum absolute atomic E-state index is 11.5. The summed E-state index contributed by atoms with van der Waals surface area (Å²) in [5.41, 5.74) is -0.308. The summed E-state index contributed by atoms with van der Waals surface area (Å²) in [4.78, 5) is 21.9. The fourth-order valence-electron chi connectivity index (χ4n) is 2.28. The molecule has 0 saturated heterocycles. The highest BCUT2D eigenvalue weighted by Crippen LogP contribution is 2.44. The Morgan fingerprint density at radius 2 is 2.06 bits per heavy atom. The Hall–Kier alpha value is -1.48. The van der Waals surface area contributed by atoms with Crippen molar-refractivity contribution in [3.05, 3.63) is 35.5 Å². The average Bonchev–Trinajstić information content (AvgIpc) is 2.23. The topological polar surface area (TPSA) is 54.4 Å². The van der Waals surface area contributed by atoms with Gasteiger partial charge < -0.3 is 5.11 Å². The summed E-state index contributed by atoms with van der Waals surface area (Å²) in [6, 6.07) is 0. The van der Waals surface area contributed by atoms with Gasteiger partial charge >= 0.3 is 0 Å². The van der Waals surface area contributed by atoms with Crippen LogP contribution >= 0.6 is 0 Å². The molecule has 0 bridgehead atoms. The van der Waals surface area contributed by atoms with Gasteiger partial charge in [-0.25, -0.2) is 0 Å². The van der Waals surface area contributed by atoms with E-state index in [4.69, 9.17) is 0 Å². The molecule has 1 atom stereocenters. The Morgan fingerprint density at radius 3 is 2.56 bits per heavy atom. The van der Waals surface area contributed by atoms with Crippen LogP contribution in [0, 0.1) is 5.41 Å². The van der Waals surface area contributed by atoms with Crippen LogP contribution in [0.3, 0.4) is 0 Å². The minimum Gasteiger partial charge on any atom is -0.381 e. The van der Waals surface area contributed by atoms with Crippen molar-refractivity contribution in [1.29, 1.82) is 0 Å². The Labute approximate surface area is 108 Å². The highest BCUT2D eigenvalue weighted by molar-refractivity contribution is 5.92. The summed E-state index contributed by atoms with van der Waals surface area (Å²) in [6.07, 6.45) is 7.32. The van der Waals surface area contributed by atoms with E-state index in [0.717, 1.165) is 5.57 Å². The van der Waals surface area contributed by atoms with E-state index < -0.39 is 11.0 Å². The molecule has 0 aromatic rings. The summed E-state index contributed by atoms with van der Waals surface area (Å²) in [7, 11) is 0. The highest BCUT2D eigenvalue weighted by atomic mass is 16.3. The van der Waals surface area contributed by atoms with Gasteiger partial charge in [0.1, 0.15) is 11.9 Å². The lowest BCUT2D eigenvalue weighted by molar-refractivity contribution is -0.121. The standard InChI is InChI=1S/C15H20O3/c1-11(6-8-16)5-7-15(18)12(2)9-13(17)10-14(15,3)4/h5-9,18H,10H2,1-4H3/b7-5+,11-6-/t15-/m1/s1. The first kappa shape index (κ1) is 14.6. The van der Waals surface area contributed by atoms with E-state index in [2.05, 4.69) is 0 Å². The molecule has 1 aliphatic carbocycles. The highest BCUT2D eigenvalue weighted by Gasteiger charge is 2.46. The molecule has 0 radical (unpaired) electrons. The van der Waals surface area contributed by atoms with Crippen LogP contribution in [0.4, 0.5) is 0 Å². The lowest BCUT2D eigenvalue weighted by Crippen LogP contribution is -2.48. The minimum absolute atomic E-state index is 0.0377. The van der Waals surface area contributed by atoms with Gasteiger partial charge in [-0.3, -0.25) is 9.59 Å². The van der Waals surface area contributed by atoms with Crippen molar-refractivity contribution in [3.63, 3.8) is 0 Å². The van der Waals surface area contributed by atoms with Crippen molar-refractivity contribution in [3.8, 4) is 0 Å². The predicted octanol–water partition coefficient (Wildman–Crippen LogP) is 2.36. The molecule has 0 aromatic carbocycles. The lowest BCUT2D eigenvalue weighted by Gasteiger charge is -2.43. The van der Waals surface area contributed by atoms with Crippen molar-refractivity contribution >= 4 is 12.1 Å². The molecule has 98 valence electrons. The first-order valence-electron chi connectivity index (χ1n) is 5.98. The fourth-order valence-corrected chi connectivity index (χ4v) is 2.28. The molecule has 0 unspecified atom stereocenters. The second kappa shape index (κ2) is 5.02.